The maximum atomic E-state index is 13.5. The van der Waals surface area contributed by atoms with Crippen LogP contribution in [0.2, 0.25) is 0 Å². The van der Waals surface area contributed by atoms with Crippen LogP contribution in [0.5, 0.6) is 5.75 Å². The summed E-state index contributed by atoms with van der Waals surface area (Å²) in [5, 5.41) is 2.86. The van der Waals surface area contributed by atoms with Crippen molar-refractivity contribution in [3.63, 3.8) is 0 Å². The molecule has 0 aliphatic rings. The lowest BCUT2D eigenvalue weighted by Gasteiger charge is -2.17. The Morgan fingerprint density at radius 2 is 1.78 bits per heavy atom. The number of nitrogens with one attached hydrogen (secondary N) is 3. The first-order valence-corrected chi connectivity index (χ1v) is 8.97. The first-order chi connectivity index (χ1) is 12.8. The summed E-state index contributed by atoms with van der Waals surface area (Å²) in [6.45, 7) is 1.46. The van der Waals surface area contributed by atoms with Gasteiger partial charge in [-0.25, -0.2) is 4.39 Å². The highest BCUT2D eigenvalue weighted by Gasteiger charge is 2.16. The third kappa shape index (κ3) is 6.99. The van der Waals surface area contributed by atoms with Gasteiger partial charge in [-0.2, -0.15) is 8.78 Å². The van der Waals surface area contributed by atoms with Crippen LogP contribution in [0, 0.1) is 5.82 Å². The van der Waals surface area contributed by atoms with Crippen molar-refractivity contribution >= 4 is 40.7 Å². The Morgan fingerprint density at radius 3 is 2.41 bits per heavy atom. The van der Waals surface area contributed by atoms with Crippen LogP contribution in [0.3, 0.4) is 0 Å². The van der Waals surface area contributed by atoms with E-state index in [1.807, 2.05) is 0 Å². The second-order valence-electron chi connectivity index (χ2n) is 5.16. The summed E-state index contributed by atoms with van der Waals surface area (Å²) in [6.07, 6.45) is -0.970. The van der Waals surface area contributed by atoms with Crippen LogP contribution in [0.1, 0.15) is 6.92 Å². The minimum Gasteiger partial charge on any atom is -0.478 e. The summed E-state index contributed by atoms with van der Waals surface area (Å²) >= 11 is 5.47. The summed E-state index contributed by atoms with van der Waals surface area (Å²) in [4.78, 5) is 12.4. The second-order valence-corrected chi connectivity index (χ2v) is 6.63. The summed E-state index contributed by atoms with van der Waals surface area (Å²) in [5.41, 5.74) is 5.37. The van der Waals surface area contributed by atoms with Crippen molar-refractivity contribution < 1.29 is 22.7 Å². The average Bonchev–Trinajstić information content (AvgIpc) is 2.62. The highest BCUT2D eigenvalue weighted by atomic mass is 32.2. The number of alkyl halides is 2. The number of rotatable bonds is 6. The molecule has 0 saturated heterocycles. The van der Waals surface area contributed by atoms with E-state index >= 15 is 0 Å². The number of para-hydroxylation sites is 1. The molecule has 27 heavy (non-hydrogen) atoms. The van der Waals surface area contributed by atoms with Crippen LogP contribution in [0.15, 0.2) is 53.4 Å². The number of carbonyl (C=O) groups is 1. The summed E-state index contributed by atoms with van der Waals surface area (Å²) < 4.78 is 43.3. The number of carbonyl (C=O) groups excluding carboxylic acids is 1. The highest BCUT2D eigenvalue weighted by Crippen LogP contribution is 2.26. The fourth-order valence-corrected chi connectivity index (χ4v) is 2.55. The number of hydrazine groups is 1. The van der Waals surface area contributed by atoms with Crippen molar-refractivity contribution in [2.75, 3.05) is 5.32 Å². The molecule has 0 heterocycles. The monoisotopic (exact) mass is 415 g/mol. The van der Waals surface area contributed by atoms with E-state index in [1.165, 1.54) is 37.3 Å². The largest absolute Gasteiger partial charge is 0.478 e. The zero-order chi connectivity index (χ0) is 19.8. The average molecular weight is 415 g/mol. The minimum atomic E-state index is -2.49. The number of hydrogen-bond acceptors (Lipinski definition) is 4. The smallest absolute Gasteiger partial charge is 0.288 e. The van der Waals surface area contributed by atoms with Crippen LogP contribution < -0.4 is 20.9 Å². The van der Waals surface area contributed by atoms with E-state index in [0.29, 0.717) is 22.3 Å². The Kier molecular flexibility index (Phi) is 7.74. The van der Waals surface area contributed by atoms with Crippen molar-refractivity contribution in [1.82, 2.24) is 10.9 Å². The number of hydrogen-bond donors (Lipinski definition) is 3. The molecule has 10 heteroatoms. The van der Waals surface area contributed by atoms with Gasteiger partial charge < -0.3 is 10.1 Å². The van der Waals surface area contributed by atoms with Crippen LogP contribution in [-0.2, 0) is 4.79 Å². The lowest BCUT2D eigenvalue weighted by Crippen LogP contribution is -2.48. The van der Waals surface area contributed by atoms with Gasteiger partial charge in [-0.15, -0.1) is 0 Å². The van der Waals surface area contributed by atoms with Crippen LogP contribution >= 0.6 is 24.0 Å². The van der Waals surface area contributed by atoms with Gasteiger partial charge in [-0.1, -0.05) is 23.9 Å². The zero-order valence-corrected chi connectivity index (χ0v) is 15.7. The fourth-order valence-electron chi connectivity index (χ4n) is 1.89. The van der Waals surface area contributed by atoms with Crippen LogP contribution in [-0.4, -0.2) is 22.9 Å². The molecule has 144 valence electrons. The maximum absolute atomic E-state index is 13.5. The highest BCUT2D eigenvalue weighted by molar-refractivity contribution is 7.99. The third-order valence-corrected chi connectivity index (χ3v) is 4.07. The number of amides is 1. The van der Waals surface area contributed by atoms with Crippen LogP contribution in [0.4, 0.5) is 18.9 Å². The van der Waals surface area contributed by atoms with Crippen molar-refractivity contribution in [3.05, 3.63) is 54.3 Å². The maximum Gasteiger partial charge on any atom is 0.288 e. The topological polar surface area (TPSA) is 62.4 Å². The summed E-state index contributed by atoms with van der Waals surface area (Å²) in [5.74, 6) is -3.67. The number of anilines is 1. The van der Waals surface area contributed by atoms with E-state index in [9.17, 15) is 18.0 Å². The molecule has 5 nitrogen and oxygen atoms in total. The lowest BCUT2D eigenvalue weighted by atomic mass is 10.3. The Morgan fingerprint density at radius 1 is 1.11 bits per heavy atom. The molecular formula is C17H16F3N3O2S2. The van der Waals surface area contributed by atoms with Gasteiger partial charge in [0.1, 0.15) is 0 Å². The quantitative estimate of drug-likeness (QED) is 0.378. The van der Waals surface area contributed by atoms with E-state index in [-0.39, 0.29) is 10.9 Å². The van der Waals surface area contributed by atoms with Crippen molar-refractivity contribution in [3.8, 4) is 5.75 Å². The van der Waals surface area contributed by atoms with Gasteiger partial charge in [0.05, 0.1) is 0 Å². The molecule has 0 aliphatic carbocycles. The van der Waals surface area contributed by atoms with Gasteiger partial charge in [-0.05, 0) is 55.5 Å². The van der Waals surface area contributed by atoms with Crippen molar-refractivity contribution in [1.29, 1.82) is 0 Å². The molecule has 0 aliphatic heterocycles. The number of benzene rings is 2. The first-order valence-electron chi connectivity index (χ1n) is 7.68. The summed E-state index contributed by atoms with van der Waals surface area (Å²) in [6, 6.07) is 11.9. The molecule has 3 N–H and O–H groups in total. The Hall–Kier alpha value is -2.46. The number of ether oxygens (including phenoxy) is 1. The molecule has 0 spiro atoms. The predicted molar refractivity (Wildman–Crippen MR) is 102 cm³/mol. The van der Waals surface area contributed by atoms with E-state index < -0.39 is 23.6 Å². The van der Waals surface area contributed by atoms with E-state index in [2.05, 4.69) is 16.2 Å². The normalized spacial score (nSPS) is 11.6. The van der Waals surface area contributed by atoms with Gasteiger partial charge in [0.2, 0.25) is 0 Å². The number of thioether (sulfide) groups is 1. The van der Waals surface area contributed by atoms with Gasteiger partial charge >= 0.3 is 0 Å². The molecular weight excluding hydrogens is 399 g/mol. The van der Waals surface area contributed by atoms with Crippen molar-refractivity contribution in [2.45, 2.75) is 23.7 Å². The summed E-state index contributed by atoms with van der Waals surface area (Å²) in [7, 11) is 0. The molecule has 0 radical (unpaired) electrons. The van der Waals surface area contributed by atoms with Gasteiger partial charge in [0.25, 0.3) is 11.7 Å². The second kappa shape index (κ2) is 10.0. The molecule has 2 rings (SSSR count). The van der Waals surface area contributed by atoms with Crippen molar-refractivity contribution in [2.24, 2.45) is 0 Å². The van der Waals surface area contributed by atoms with Gasteiger partial charge in [0.15, 0.2) is 22.8 Å². The van der Waals surface area contributed by atoms with Gasteiger partial charge in [-0.3, -0.25) is 15.6 Å². The fraction of sp³-hybridized carbons (Fsp3) is 0.176. The van der Waals surface area contributed by atoms with Crippen LogP contribution in [0.25, 0.3) is 0 Å². The predicted octanol–water partition coefficient (Wildman–Crippen LogP) is 3.93. The molecule has 1 amide bonds. The molecule has 1 atom stereocenters. The Bertz CT molecular complexity index is 791. The van der Waals surface area contributed by atoms with E-state index in [0.717, 1.165) is 0 Å². The lowest BCUT2D eigenvalue weighted by molar-refractivity contribution is -0.127. The Balaban J connectivity index is 1.79. The Labute approximate surface area is 163 Å². The molecule has 0 bridgehead atoms. The molecule has 0 fully saturated rings. The first kappa shape index (κ1) is 20.8. The van der Waals surface area contributed by atoms with Gasteiger partial charge in [0, 0.05) is 10.6 Å². The molecule has 2 aromatic carbocycles. The molecule has 0 aromatic heterocycles. The minimum absolute atomic E-state index is 0.0393. The van der Waals surface area contributed by atoms with E-state index in [4.69, 9.17) is 17.0 Å². The molecule has 0 saturated carbocycles. The third-order valence-electron chi connectivity index (χ3n) is 3.15. The van der Waals surface area contributed by atoms with E-state index in [1.54, 1.807) is 18.2 Å². The number of thiocarbonyl (C=S) groups is 1. The SMILES string of the molecule is C[C@@H](Oc1ccccc1F)C(=O)NNC(=S)Nc1ccc(SC(F)F)cc1. The standard InChI is InChI=1S/C17H16F3N3O2S2/c1-10(25-14-5-3-2-4-13(14)18)15(24)22-23-17(26)21-11-6-8-12(9-7-11)27-16(19)20/h2-10,16H,1H3,(H,22,24)(H2,21,23,26)/t10-/m1/s1. The zero-order valence-electron chi connectivity index (χ0n) is 14.0. The molecule has 0 unspecified atom stereocenters. The number of halogens is 3. The molecule has 2 aromatic rings.